The molecule has 4 rings (SSSR count). The standard InChI is InChI=1S/C17H21BrN4O4/c1-11-19-16(26-20-11)13-6-22(15(23)7-24-2)10-17(13)8-21(9-17)5-12-3-4-14(18)25-12/h3-4,13H,5-10H2,1-2H3. The van der Waals surface area contributed by atoms with E-state index in [2.05, 4.69) is 31.0 Å². The summed E-state index contributed by atoms with van der Waals surface area (Å²) in [5.41, 5.74) is -0.0633. The minimum absolute atomic E-state index is 0.000901. The lowest BCUT2D eigenvalue weighted by Gasteiger charge is -2.49. The first-order valence-electron chi connectivity index (χ1n) is 8.52. The molecule has 0 saturated carbocycles. The lowest BCUT2D eigenvalue weighted by molar-refractivity contribution is -0.135. The molecule has 0 aromatic carbocycles. The third-order valence-electron chi connectivity index (χ3n) is 5.20. The predicted octanol–water partition coefficient (Wildman–Crippen LogP) is 1.81. The molecule has 2 aliphatic rings. The van der Waals surface area contributed by atoms with E-state index in [1.165, 1.54) is 7.11 Å². The van der Waals surface area contributed by atoms with E-state index in [4.69, 9.17) is 13.7 Å². The lowest BCUT2D eigenvalue weighted by Crippen LogP contribution is -2.59. The van der Waals surface area contributed by atoms with Crippen LogP contribution in [-0.4, -0.2) is 65.7 Å². The maximum absolute atomic E-state index is 12.3. The molecule has 2 aromatic rings. The second-order valence-corrected chi connectivity index (χ2v) is 7.93. The Morgan fingerprint density at radius 1 is 1.42 bits per heavy atom. The molecule has 2 fully saturated rings. The van der Waals surface area contributed by atoms with Gasteiger partial charge in [-0.15, -0.1) is 0 Å². The number of rotatable bonds is 5. The van der Waals surface area contributed by atoms with Gasteiger partial charge in [-0.3, -0.25) is 9.69 Å². The maximum atomic E-state index is 12.3. The Kier molecular flexibility index (Phi) is 4.62. The number of nitrogens with zero attached hydrogens (tertiary/aromatic N) is 4. The topological polar surface area (TPSA) is 84.8 Å². The van der Waals surface area contributed by atoms with Crippen molar-refractivity contribution in [3.05, 3.63) is 34.3 Å². The van der Waals surface area contributed by atoms with Crippen molar-refractivity contribution >= 4 is 21.8 Å². The van der Waals surface area contributed by atoms with E-state index in [-0.39, 0.29) is 23.8 Å². The first-order chi connectivity index (χ1) is 12.5. The van der Waals surface area contributed by atoms with Gasteiger partial charge in [0, 0.05) is 38.7 Å². The molecule has 1 amide bonds. The first kappa shape index (κ1) is 17.7. The van der Waals surface area contributed by atoms with Gasteiger partial charge in [-0.25, -0.2) is 0 Å². The number of likely N-dealkylation sites (tertiary alicyclic amines) is 2. The third-order valence-corrected chi connectivity index (χ3v) is 5.62. The second-order valence-electron chi connectivity index (χ2n) is 7.15. The molecule has 1 unspecified atom stereocenters. The number of halogens is 1. The molecule has 0 N–H and O–H groups in total. The van der Waals surface area contributed by atoms with Crippen LogP contribution < -0.4 is 0 Å². The van der Waals surface area contributed by atoms with Gasteiger partial charge in [-0.05, 0) is 35.0 Å². The molecule has 4 heterocycles. The van der Waals surface area contributed by atoms with Gasteiger partial charge in [0.1, 0.15) is 12.4 Å². The van der Waals surface area contributed by atoms with E-state index in [0.717, 1.165) is 30.1 Å². The summed E-state index contributed by atoms with van der Waals surface area (Å²) in [5.74, 6) is 2.20. The minimum Gasteiger partial charge on any atom is -0.453 e. The normalized spacial score (nSPS) is 22.1. The van der Waals surface area contributed by atoms with Gasteiger partial charge in [0.15, 0.2) is 10.5 Å². The minimum atomic E-state index is -0.0633. The van der Waals surface area contributed by atoms with Gasteiger partial charge in [0.25, 0.3) is 0 Å². The largest absolute Gasteiger partial charge is 0.453 e. The number of hydrogen-bond acceptors (Lipinski definition) is 7. The van der Waals surface area contributed by atoms with Crippen LogP contribution in [0.2, 0.25) is 0 Å². The number of hydrogen-bond donors (Lipinski definition) is 0. The maximum Gasteiger partial charge on any atom is 0.248 e. The van der Waals surface area contributed by atoms with Gasteiger partial charge in [-0.2, -0.15) is 4.98 Å². The molecule has 1 atom stereocenters. The van der Waals surface area contributed by atoms with Crippen LogP contribution in [-0.2, 0) is 16.1 Å². The van der Waals surface area contributed by atoms with Gasteiger partial charge < -0.3 is 18.6 Å². The van der Waals surface area contributed by atoms with E-state index in [1.54, 1.807) is 0 Å². The highest BCUT2D eigenvalue weighted by atomic mass is 79.9. The Balaban J connectivity index is 1.49. The number of ether oxygens (including phenoxy) is 1. The Bertz CT molecular complexity index is 798. The van der Waals surface area contributed by atoms with Gasteiger partial charge >= 0.3 is 0 Å². The van der Waals surface area contributed by atoms with Crippen LogP contribution in [0, 0.1) is 12.3 Å². The molecule has 9 heteroatoms. The van der Waals surface area contributed by atoms with E-state index in [0.29, 0.717) is 24.8 Å². The number of amides is 1. The summed E-state index contributed by atoms with van der Waals surface area (Å²) in [7, 11) is 1.54. The zero-order chi connectivity index (χ0) is 18.3. The van der Waals surface area contributed by atoms with Crippen molar-refractivity contribution < 1.29 is 18.5 Å². The summed E-state index contributed by atoms with van der Waals surface area (Å²) < 4.78 is 16.8. The van der Waals surface area contributed by atoms with Gasteiger partial charge in [0.2, 0.25) is 11.8 Å². The Morgan fingerprint density at radius 2 is 2.23 bits per heavy atom. The van der Waals surface area contributed by atoms with Gasteiger partial charge in [-0.1, -0.05) is 5.16 Å². The molecule has 2 aromatic heterocycles. The van der Waals surface area contributed by atoms with E-state index in [1.807, 2.05) is 24.0 Å². The summed E-state index contributed by atoms with van der Waals surface area (Å²) in [6.45, 7) is 5.63. The highest BCUT2D eigenvalue weighted by Crippen LogP contribution is 2.49. The SMILES string of the molecule is COCC(=O)N1CC(c2nc(C)no2)C2(CN(Cc3ccc(Br)o3)C2)C1. The zero-order valence-electron chi connectivity index (χ0n) is 14.8. The fourth-order valence-corrected chi connectivity index (χ4v) is 4.44. The summed E-state index contributed by atoms with van der Waals surface area (Å²) in [6, 6.07) is 3.87. The van der Waals surface area contributed by atoms with E-state index >= 15 is 0 Å². The molecule has 0 bridgehead atoms. The van der Waals surface area contributed by atoms with Crippen LogP contribution in [0.5, 0.6) is 0 Å². The number of carbonyl (C=O) groups is 1. The molecule has 8 nitrogen and oxygen atoms in total. The first-order valence-corrected chi connectivity index (χ1v) is 9.32. The van der Waals surface area contributed by atoms with E-state index < -0.39 is 0 Å². The van der Waals surface area contributed by atoms with Crippen molar-refractivity contribution in [2.45, 2.75) is 19.4 Å². The van der Waals surface area contributed by atoms with Crippen LogP contribution in [0.4, 0.5) is 0 Å². The Labute approximate surface area is 159 Å². The number of aromatic nitrogens is 2. The van der Waals surface area contributed by atoms with Crippen molar-refractivity contribution in [1.29, 1.82) is 0 Å². The fourth-order valence-electron chi connectivity index (χ4n) is 4.10. The summed E-state index contributed by atoms with van der Waals surface area (Å²) >= 11 is 3.33. The Morgan fingerprint density at radius 3 is 2.85 bits per heavy atom. The average molecular weight is 425 g/mol. The van der Waals surface area contributed by atoms with Crippen molar-refractivity contribution in [2.24, 2.45) is 5.41 Å². The fraction of sp³-hybridized carbons (Fsp3) is 0.588. The number of methoxy groups -OCH3 is 1. The van der Waals surface area contributed by atoms with Crippen LogP contribution in [0.25, 0.3) is 0 Å². The summed E-state index contributed by atoms with van der Waals surface area (Å²) in [4.78, 5) is 20.9. The van der Waals surface area contributed by atoms with Crippen LogP contribution in [0.3, 0.4) is 0 Å². The highest BCUT2D eigenvalue weighted by Gasteiger charge is 2.57. The van der Waals surface area contributed by atoms with Crippen LogP contribution in [0.1, 0.15) is 23.4 Å². The zero-order valence-corrected chi connectivity index (χ0v) is 16.4. The molecule has 140 valence electrons. The quantitative estimate of drug-likeness (QED) is 0.723. The second kappa shape index (κ2) is 6.79. The van der Waals surface area contributed by atoms with Crippen molar-refractivity contribution in [3.63, 3.8) is 0 Å². The number of aryl methyl sites for hydroxylation is 1. The predicted molar refractivity (Wildman–Crippen MR) is 94.4 cm³/mol. The Hall–Kier alpha value is -1.71. The molecule has 1 spiro atoms. The van der Waals surface area contributed by atoms with Crippen LogP contribution >= 0.6 is 15.9 Å². The molecule has 2 saturated heterocycles. The van der Waals surface area contributed by atoms with Crippen LogP contribution in [0.15, 0.2) is 25.7 Å². The highest BCUT2D eigenvalue weighted by molar-refractivity contribution is 9.10. The average Bonchev–Trinajstić information content (AvgIpc) is 3.26. The molecule has 0 aliphatic carbocycles. The van der Waals surface area contributed by atoms with E-state index in [9.17, 15) is 4.79 Å². The lowest BCUT2D eigenvalue weighted by atomic mass is 9.71. The number of carbonyl (C=O) groups excluding carboxylic acids is 1. The van der Waals surface area contributed by atoms with Crippen molar-refractivity contribution in [3.8, 4) is 0 Å². The molecule has 26 heavy (non-hydrogen) atoms. The number of furan rings is 1. The third kappa shape index (κ3) is 3.19. The molecular formula is C17H21BrN4O4. The molecule has 2 aliphatic heterocycles. The monoisotopic (exact) mass is 424 g/mol. The smallest absolute Gasteiger partial charge is 0.248 e. The summed E-state index contributed by atoms with van der Waals surface area (Å²) in [5, 5.41) is 3.93. The van der Waals surface area contributed by atoms with Crippen molar-refractivity contribution in [2.75, 3.05) is 39.9 Å². The van der Waals surface area contributed by atoms with Gasteiger partial charge in [0.05, 0.1) is 12.5 Å². The summed E-state index contributed by atoms with van der Waals surface area (Å²) in [6.07, 6.45) is 0. The molecule has 0 radical (unpaired) electrons. The molecular weight excluding hydrogens is 404 g/mol. The van der Waals surface area contributed by atoms with Crippen molar-refractivity contribution in [1.82, 2.24) is 19.9 Å².